The minimum absolute atomic E-state index is 0.0952. The van der Waals surface area contributed by atoms with Crippen LogP contribution in [0, 0.1) is 0 Å². The van der Waals surface area contributed by atoms with Gasteiger partial charge in [-0.25, -0.2) is 4.57 Å². The Bertz CT molecular complexity index is 1190. The Morgan fingerprint density at radius 2 is 0.945 bits per heavy atom. The lowest BCUT2D eigenvalue weighted by Crippen LogP contribution is -2.29. The van der Waals surface area contributed by atoms with E-state index in [1.807, 2.05) is 12.2 Å². The molecule has 3 N–H and O–H groups in total. The number of phosphoric ester groups is 1. The summed E-state index contributed by atoms with van der Waals surface area (Å²) in [4.78, 5) is 34.9. The van der Waals surface area contributed by atoms with Gasteiger partial charge in [-0.2, -0.15) is 0 Å². The SMILES string of the molecule is CCCCCC=CCC=CCC=CCC=CCCCC(=O)OC(COC(=O)CCCCC=CCC=CCC=CCCCCC)COP(=O)(O)OCC(O)CO. The maximum absolute atomic E-state index is 12.6. The van der Waals surface area contributed by atoms with Crippen LogP contribution in [0.4, 0.5) is 0 Å². The molecule has 0 spiro atoms. The van der Waals surface area contributed by atoms with Crippen molar-refractivity contribution >= 4 is 19.8 Å². The highest BCUT2D eigenvalue weighted by Gasteiger charge is 2.27. The van der Waals surface area contributed by atoms with Gasteiger partial charge in [0.15, 0.2) is 6.10 Å². The number of carbonyl (C=O) groups excluding carboxylic acids is 2. The molecule has 0 saturated carbocycles. The standard InChI is InChI=1S/C44H73O10P/c1-3-5-7-9-11-13-15-17-19-20-22-24-26-28-30-32-34-36-44(48)54-42(40-53-55(49,50)52-38-41(46)37-45)39-51-43(47)35-33-31-29-27-25-23-21-18-16-14-12-10-8-6-4-2/h11-14,17-19,21-22,24-25,27-28,30,41-42,45-46H,3-10,15-16,20,23,26,29,31-40H2,1-2H3,(H,49,50). The Hall–Kier alpha value is -2.85. The number of esters is 2. The van der Waals surface area contributed by atoms with Gasteiger partial charge >= 0.3 is 19.8 Å². The van der Waals surface area contributed by atoms with Crippen LogP contribution in [0.1, 0.15) is 142 Å². The van der Waals surface area contributed by atoms with Gasteiger partial charge in [-0.1, -0.05) is 125 Å². The molecule has 0 rings (SSSR count). The fraction of sp³-hybridized carbons (Fsp3) is 0.636. The number of allylic oxidation sites excluding steroid dienone is 14. The molecule has 314 valence electrons. The summed E-state index contributed by atoms with van der Waals surface area (Å²) < 4.78 is 32.5. The Morgan fingerprint density at radius 1 is 0.545 bits per heavy atom. The topological polar surface area (TPSA) is 149 Å². The highest BCUT2D eigenvalue weighted by atomic mass is 31.2. The van der Waals surface area contributed by atoms with Crippen LogP contribution in [0.2, 0.25) is 0 Å². The molecule has 0 aromatic carbocycles. The summed E-state index contributed by atoms with van der Waals surface area (Å²) in [5.74, 6) is -1.05. The molecule has 0 amide bonds. The number of ether oxygens (including phenoxy) is 2. The summed E-state index contributed by atoms with van der Waals surface area (Å²) in [7, 11) is -4.64. The zero-order valence-corrected chi connectivity index (χ0v) is 34.7. The van der Waals surface area contributed by atoms with Gasteiger partial charge in [0.05, 0.1) is 19.8 Å². The molecule has 10 nitrogen and oxygen atoms in total. The third-order valence-corrected chi connectivity index (χ3v) is 8.97. The van der Waals surface area contributed by atoms with Gasteiger partial charge in [-0.05, 0) is 89.9 Å². The van der Waals surface area contributed by atoms with Crippen LogP contribution in [0.15, 0.2) is 85.1 Å². The summed E-state index contributed by atoms with van der Waals surface area (Å²) in [5.41, 5.74) is 0. The summed E-state index contributed by atoms with van der Waals surface area (Å²) in [6.45, 7) is 2.19. The van der Waals surface area contributed by atoms with Crippen molar-refractivity contribution in [3.63, 3.8) is 0 Å². The Morgan fingerprint density at radius 3 is 1.40 bits per heavy atom. The van der Waals surface area contributed by atoms with Crippen LogP contribution in [0.5, 0.6) is 0 Å². The van der Waals surface area contributed by atoms with Crippen LogP contribution >= 0.6 is 7.82 Å². The van der Waals surface area contributed by atoms with E-state index in [1.54, 1.807) is 0 Å². The summed E-state index contributed by atoms with van der Waals surface area (Å²) in [6.07, 6.45) is 45.6. The predicted molar refractivity (Wildman–Crippen MR) is 223 cm³/mol. The zero-order valence-electron chi connectivity index (χ0n) is 33.9. The Labute approximate surface area is 332 Å². The molecule has 3 atom stereocenters. The van der Waals surface area contributed by atoms with Crippen LogP contribution in [0.25, 0.3) is 0 Å². The second-order valence-electron chi connectivity index (χ2n) is 13.3. The largest absolute Gasteiger partial charge is 0.472 e. The molecule has 11 heteroatoms. The van der Waals surface area contributed by atoms with E-state index >= 15 is 0 Å². The van der Waals surface area contributed by atoms with Gasteiger partial charge in [0.2, 0.25) is 0 Å². The highest BCUT2D eigenvalue weighted by Crippen LogP contribution is 2.43. The van der Waals surface area contributed by atoms with Crippen molar-refractivity contribution in [1.82, 2.24) is 0 Å². The number of phosphoric acid groups is 1. The molecular formula is C44H73O10P. The maximum Gasteiger partial charge on any atom is 0.472 e. The van der Waals surface area contributed by atoms with Gasteiger partial charge in [0.1, 0.15) is 12.7 Å². The molecule has 0 saturated heterocycles. The number of carbonyl (C=O) groups is 2. The second-order valence-corrected chi connectivity index (χ2v) is 14.8. The normalized spacial score (nSPS) is 14.8. The van der Waals surface area contributed by atoms with E-state index in [4.69, 9.17) is 19.1 Å². The van der Waals surface area contributed by atoms with Crippen molar-refractivity contribution in [2.24, 2.45) is 0 Å². The lowest BCUT2D eigenvalue weighted by Gasteiger charge is -2.20. The molecule has 0 heterocycles. The van der Waals surface area contributed by atoms with E-state index in [2.05, 4.69) is 91.3 Å². The van der Waals surface area contributed by atoms with E-state index in [9.17, 15) is 24.2 Å². The minimum atomic E-state index is -4.64. The molecule has 55 heavy (non-hydrogen) atoms. The van der Waals surface area contributed by atoms with Crippen LogP contribution in [0.3, 0.4) is 0 Å². The third-order valence-electron chi connectivity index (χ3n) is 8.02. The maximum atomic E-state index is 12.6. The average Bonchev–Trinajstić information content (AvgIpc) is 3.17. The molecule has 0 aromatic rings. The van der Waals surface area contributed by atoms with Crippen molar-refractivity contribution in [1.29, 1.82) is 0 Å². The number of unbranched alkanes of at least 4 members (excludes halogenated alkanes) is 9. The lowest BCUT2D eigenvalue weighted by molar-refractivity contribution is -0.161. The van der Waals surface area contributed by atoms with Crippen molar-refractivity contribution in [2.45, 2.75) is 154 Å². The van der Waals surface area contributed by atoms with Crippen molar-refractivity contribution in [3.05, 3.63) is 85.1 Å². The van der Waals surface area contributed by atoms with E-state index in [-0.39, 0.29) is 19.4 Å². The molecular weight excluding hydrogens is 719 g/mol. The molecule has 0 fully saturated rings. The Balaban J connectivity index is 4.52. The first-order valence-electron chi connectivity index (χ1n) is 20.5. The lowest BCUT2D eigenvalue weighted by atomic mass is 10.1. The van der Waals surface area contributed by atoms with Crippen molar-refractivity contribution < 1.29 is 47.8 Å². The molecule has 0 aromatic heterocycles. The predicted octanol–water partition coefficient (Wildman–Crippen LogP) is 10.7. The fourth-order valence-corrected chi connectivity index (χ4v) is 5.60. The van der Waals surface area contributed by atoms with Crippen molar-refractivity contribution in [2.75, 3.05) is 26.4 Å². The minimum Gasteiger partial charge on any atom is -0.462 e. The van der Waals surface area contributed by atoms with Gasteiger partial charge in [0, 0.05) is 12.8 Å². The van der Waals surface area contributed by atoms with Gasteiger partial charge in [-0.15, -0.1) is 0 Å². The first-order valence-corrected chi connectivity index (χ1v) is 22.0. The first-order chi connectivity index (χ1) is 26.7. The zero-order chi connectivity index (χ0) is 40.5. The van der Waals surface area contributed by atoms with E-state index in [0.717, 1.165) is 57.8 Å². The number of aliphatic hydroxyl groups is 2. The molecule has 0 aliphatic heterocycles. The molecule has 0 aliphatic rings. The Kier molecular flexibility index (Phi) is 37.3. The molecule has 0 aliphatic carbocycles. The highest BCUT2D eigenvalue weighted by molar-refractivity contribution is 7.47. The van der Waals surface area contributed by atoms with Gasteiger partial charge < -0.3 is 24.6 Å². The number of hydrogen-bond acceptors (Lipinski definition) is 9. The summed E-state index contributed by atoms with van der Waals surface area (Å²) in [5, 5.41) is 18.3. The van der Waals surface area contributed by atoms with E-state index < -0.39 is 51.8 Å². The smallest absolute Gasteiger partial charge is 0.462 e. The van der Waals surface area contributed by atoms with E-state index in [1.165, 1.54) is 38.5 Å². The van der Waals surface area contributed by atoms with Gasteiger partial charge in [-0.3, -0.25) is 18.6 Å². The molecule has 0 bridgehead atoms. The fourth-order valence-electron chi connectivity index (χ4n) is 4.81. The molecule has 3 unspecified atom stereocenters. The number of rotatable bonds is 37. The first kappa shape index (κ1) is 52.2. The summed E-state index contributed by atoms with van der Waals surface area (Å²) >= 11 is 0. The van der Waals surface area contributed by atoms with Gasteiger partial charge in [0.25, 0.3) is 0 Å². The average molecular weight is 793 g/mol. The van der Waals surface area contributed by atoms with Crippen LogP contribution in [-0.2, 0) is 32.7 Å². The number of hydrogen-bond donors (Lipinski definition) is 3. The monoisotopic (exact) mass is 792 g/mol. The summed E-state index contributed by atoms with van der Waals surface area (Å²) in [6, 6.07) is 0. The number of aliphatic hydroxyl groups excluding tert-OH is 2. The van der Waals surface area contributed by atoms with Crippen molar-refractivity contribution in [3.8, 4) is 0 Å². The quantitative estimate of drug-likeness (QED) is 0.0240. The van der Waals surface area contributed by atoms with Crippen LogP contribution < -0.4 is 0 Å². The second kappa shape index (κ2) is 39.4. The molecule has 0 radical (unpaired) electrons. The van der Waals surface area contributed by atoms with E-state index in [0.29, 0.717) is 19.3 Å². The van der Waals surface area contributed by atoms with Crippen LogP contribution in [-0.4, -0.2) is 65.7 Å². The third kappa shape index (κ3) is 39.2.